The molecule has 0 saturated carbocycles. The van der Waals surface area contributed by atoms with Gasteiger partial charge in [0.15, 0.2) is 0 Å². The maximum atomic E-state index is 12.7. The number of sulfonamides is 1. The number of benzene rings is 1. The SMILES string of the molecule is O=C(NC[C@H](NS(=O)(=O)c1ccccc1)C(=O)O)c1cc(=O)n2cc(CNc3ncccn3)ccc2c1. The van der Waals surface area contributed by atoms with Crippen LogP contribution in [-0.4, -0.2) is 52.4 Å². The number of carbonyl (C=O) groups excluding carboxylic acids is 1. The van der Waals surface area contributed by atoms with E-state index in [0.717, 1.165) is 11.6 Å². The molecule has 1 atom stereocenters. The van der Waals surface area contributed by atoms with Gasteiger partial charge in [-0.25, -0.2) is 18.4 Å². The van der Waals surface area contributed by atoms with Gasteiger partial charge in [-0.3, -0.25) is 18.8 Å². The lowest BCUT2D eigenvalue weighted by molar-refractivity contribution is -0.138. The average molecular weight is 523 g/mol. The van der Waals surface area contributed by atoms with Crippen LogP contribution in [0.5, 0.6) is 0 Å². The number of anilines is 1. The van der Waals surface area contributed by atoms with E-state index < -0.39 is 40.0 Å². The normalized spacial score (nSPS) is 12.1. The Morgan fingerprint density at radius 3 is 2.43 bits per heavy atom. The lowest BCUT2D eigenvalue weighted by atomic mass is 10.2. The van der Waals surface area contributed by atoms with Gasteiger partial charge >= 0.3 is 5.97 Å². The van der Waals surface area contributed by atoms with Gasteiger partial charge in [0, 0.05) is 48.8 Å². The van der Waals surface area contributed by atoms with Crippen molar-refractivity contribution in [3.05, 3.63) is 101 Å². The van der Waals surface area contributed by atoms with Gasteiger partial charge in [-0.05, 0) is 35.9 Å². The summed E-state index contributed by atoms with van der Waals surface area (Å²) in [6.07, 6.45) is 4.82. The average Bonchev–Trinajstić information content (AvgIpc) is 2.90. The first-order valence-electron chi connectivity index (χ1n) is 11.0. The lowest BCUT2D eigenvalue weighted by Gasteiger charge is -2.16. The summed E-state index contributed by atoms with van der Waals surface area (Å²) in [7, 11) is -4.13. The van der Waals surface area contributed by atoms with Crippen molar-refractivity contribution < 1.29 is 23.1 Å². The zero-order valence-corrected chi connectivity index (χ0v) is 20.1. The first-order valence-corrected chi connectivity index (χ1v) is 12.5. The number of nitrogens with zero attached hydrogens (tertiary/aromatic N) is 3. The summed E-state index contributed by atoms with van der Waals surface area (Å²) in [5, 5.41) is 14.9. The minimum Gasteiger partial charge on any atom is -0.480 e. The summed E-state index contributed by atoms with van der Waals surface area (Å²) in [5.74, 6) is -1.76. The molecule has 0 aliphatic heterocycles. The van der Waals surface area contributed by atoms with Gasteiger partial charge in [-0.15, -0.1) is 0 Å². The van der Waals surface area contributed by atoms with E-state index in [1.807, 2.05) is 0 Å². The molecule has 1 amide bonds. The van der Waals surface area contributed by atoms with E-state index in [1.165, 1.54) is 34.7 Å². The third-order valence-electron chi connectivity index (χ3n) is 5.26. The summed E-state index contributed by atoms with van der Waals surface area (Å²) < 4.78 is 28.4. The van der Waals surface area contributed by atoms with Gasteiger partial charge in [0.1, 0.15) is 6.04 Å². The first-order chi connectivity index (χ1) is 17.7. The van der Waals surface area contributed by atoms with Crippen molar-refractivity contribution in [2.24, 2.45) is 0 Å². The Balaban J connectivity index is 1.45. The molecule has 0 bridgehead atoms. The number of amides is 1. The smallest absolute Gasteiger partial charge is 0.323 e. The molecule has 1 aromatic carbocycles. The molecular weight excluding hydrogens is 500 g/mol. The predicted octanol–water partition coefficient (Wildman–Crippen LogP) is 0.863. The zero-order chi connectivity index (χ0) is 26.4. The van der Waals surface area contributed by atoms with Crippen LogP contribution < -0.4 is 20.9 Å². The largest absolute Gasteiger partial charge is 0.480 e. The molecule has 3 heterocycles. The fourth-order valence-corrected chi connectivity index (χ4v) is 4.62. The number of nitrogens with one attached hydrogen (secondary N) is 3. The van der Waals surface area contributed by atoms with Gasteiger partial charge in [-0.1, -0.05) is 24.3 Å². The third-order valence-corrected chi connectivity index (χ3v) is 6.74. The van der Waals surface area contributed by atoms with Gasteiger partial charge in [0.25, 0.3) is 11.5 Å². The molecule has 13 heteroatoms. The number of carboxylic acid groups (broad SMARTS) is 1. The number of fused-ring (bicyclic) bond motifs is 1. The van der Waals surface area contributed by atoms with Gasteiger partial charge in [0.05, 0.1) is 4.90 Å². The highest BCUT2D eigenvalue weighted by atomic mass is 32.2. The third kappa shape index (κ3) is 6.34. The number of carbonyl (C=O) groups is 2. The van der Waals surface area contributed by atoms with Gasteiger partial charge in [0.2, 0.25) is 16.0 Å². The van der Waals surface area contributed by atoms with Crippen LogP contribution in [0.15, 0.2) is 88.9 Å². The lowest BCUT2D eigenvalue weighted by Crippen LogP contribution is -2.48. The number of hydrogen-bond donors (Lipinski definition) is 4. The highest BCUT2D eigenvalue weighted by Crippen LogP contribution is 2.10. The Bertz CT molecular complexity index is 1590. The van der Waals surface area contributed by atoms with Gasteiger partial charge in [-0.2, -0.15) is 4.72 Å². The molecule has 37 heavy (non-hydrogen) atoms. The number of aromatic nitrogens is 3. The van der Waals surface area contributed by atoms with Crippen molar-refractivity contribution in [2.75, 3.05) is 11.9 Å². The van der Waals surface area contributed by atoms with Crippen molar-refractivity contribution in [3.8, 4) is 0 Å². The Morgan fingerprint density at radius 2 is 1.73 bits per heavy atom. The predicted molar refractivity (Wildman–Crippen MR) is 134 cm³/mol. The first kappa shape index (κ1) is 25.5. The van der Waals surface area contributed by atoms with Crippen molar-refractivity contribution in [3.63, 3.8) is 0 Å². The fourth-order valence-electron chi connectivity index (χ4n) is 3.41. The molecule has 0 spiro atoms. The van der Waals surface area contributed by atoms with Crippen LogP contribution in [0.3, 0.4) is 0 Å². The van der Waals surface area contributed by atoms with Crippen molar-refractivity contribution in [1.29, 1.82) is 0 Å². The second-order valence-corrected chi connectivity index (χ2v) is 9.59. The molecule has 0 radical (unpaired) electrons. The van der Waals surface area contributed by atoms with Crippen LogP contribution in [0, 0.1) is 0 Å². The number of aliphatic carboxylic acids is 1. The quantitative estimate of drug-likeness (QED) is 0.236. The summed E-state index contributed by atoms with van der Waals surface area (Å²) in [4.78, 5) is 45.0. The minimum absolute atomic E-state index is 0.00335. The second kappa shape index (κ2) is 11.0. The molecule has 0 unspecified atom stereocenters. The zero-order valence-electron chi connectivity index (χ0n) is 19.2. The van der Waals surface area contributed by atoms with Crippen LogP contribution >= 0.6 is 0 Å². The Labute approximate surface area is 211 Å². The van der Waals surface area contributed by atoms with Crippen molar-refractivity contribution in [1.82, 2.24) is 24.4 Å². The molecule has 0 aliphatic carbocycles. The highest BCUT2D eigenvalue weighted by molar-refractivity contribution is 7.89. The van der Waals surface area contributed by atoms with E-state index >= 15 is 0 Å². The van der Waals surface area contributed by atoms with E-state index in [4.69, 9.17) is 0 Å². The molecule has 4 rings (SSSR count). The Morgan fingerprint density at radius 1 is 1.00 bits per heavy atom. The van der Waals surface area contributed by atoms with Gasteiger partial charge < -0.3 is 15.7 Å². The Hall–Kier alpha value is -4.62. The number of rotatable bonds is 10. The molecule has 3 aromatic heterocycles. The van der Waals surface area contributed by atoms with Crippen LogP contribution in [0.25, 0.3) is 5.52 Å². The highest BCUT2D eigenvalue weighted by Gasteiger charge is 2.26. The molecule has 0 aliphatic rings. The monoisotopic (exact) mass is 522 g/mol. The molecular formula is C24H22N6O6S. The van der Waals surface area contributed by atoms with Crippen molar-refractivity contribution >= 4 is 33.4 Å². The Kier molecular flexibility index (Phi) is 7.55. The fraction of sp³-hybridized carbons (Fsp3) is 0.125. The second-order valence-electron chi connectivity index (χ2n) is 7.88. The van der Waals surface area contributed by atoms with E-state index in [1.54, 1.807) is 42.9 Å². The van der Waals surface area contributed by atoms with Crippen LogP contribution in [-0.2, 0) is 21.4 Å². The summed E-state index contributed by atoms with van der Waals surface area (Å²) in [6, 6.07) is 13.3. The minimum atomic E-state index is -4.13. The van der Waals surface area contributed by atoms with E-state index in [2.05, 4.69) is 25.3 Å². The summed E-state index contributed by atoms with van der Waals surface area (Å²) in [5.41, 5.74) is 0.745. The molecule has 4 aromatic rings. The van der Waals surface area contributed by atoms with E-state index in [9.17, 15) is 27.9 Å². The van der Waals surface area contributed by atoms with Crippen LogP contribution in [0.4, 0.5) is 5.95 Å². The van der Waals surface area contributed by atoms with Crippen molar-refractivity contribution in [2.45, 2.75) is 17.5 Å². The number of hydrogen-bond acceptors (Lipinski definition) is 8. The van der Waals surface area contributed by atoms with E-state index in [0.29, 0.717) is 18.0 Å². The number of pyridine rings is 2. The molecule has 0 fully saturated rings. The maximum absolute atomic E-state index is 12.7. The maximum Gasteiger partial charge on any atom is 0.323 e. The van der Waals surface area contributed by atoms with Crippen LogP contribution in [0.1, 0.15) is 15.9 Å². The standard InChI is InChI=1S/C24H22N6O6S/c31-21-12-17(11-18-8-7-16(15-30(18)21)13-28-24-25-9-4-10-26-24)22(32)27-14-20(23(33)34)29-37(35,36)19-5-2-1-3-6-19/h1-12,15,20,29H,13-14H2,(H,27,32)(H,33,34)(H,25,26,28)/t20-/m0/s1. The molecule has 12 nitrogen and oxygen atoms in total. The molecule has 190 valence electrons. The summed E-state index contributed by atoms with van der Waals surface area (Å²) >= 11 is 0. The van der Waals surface area contributed by atoms with Crippen LogP contribution in [0.2, 0.25) is 0 Å². The topological polar surface area (TPSA) is 172 Å². The molecule has 4 N–H and O–H groups in total. The summed E-state index contributed by atoms with van der Waals surface area (Å²) in [6.45, 7) is -0.171. The number of carboxylic acids is 1. The molecule has 0 saturated heterocycles. The van der Waals surface area contributed by atoms with E-state index in [-0.39, 0.29) is 10.5 Å².